The van der Waals surface area contributed by atoms with Crippen LogP contribution in [0.15, 0.2) is 12.1 Å². The van der Waals surface area contributed by atoms with Crippen LogP contribution >= 0.6 is 35.6 Å². The number of hydrogen-bond donors (Lipinski definition) is 2. The molecule has 0 radical (unpaired) electrons. The van der Waals surface area contributed by atoms with Gasteiger partial charge in [0.1, 0.15) is 5.82 Å². The van der Waals surface area contributed by atoms with Crippen molar-refractivity contribution in [2.24, 2.45) is 11.5 Å². The Bertz CT molecular complexity index is 361. The average molecular weight is 302 g/mol. The van der Waals surface area contributed by atoms with Crippen LogP contribution in [0, 0.1) is 5.82 Å². The molecule has 0 aromatic heterocycles. The summed E-state index contributed by atoms with van der Waals surface area (Å²) >= 11 is 11.6. The number of hydrogen-bond acceptors (Lipinski definition) is 2. The average Bonchev–Trinajstić information content (AvgIpc) is 2.24. The van der Waals surface area contributed by atoms with Crippen LogP contribution in [0.25, 0.3) is 0 Å². The van der Waals surface area contributed by atoms with E-state index in [0.717, 1.165) is 12.8 Å². The summed E-state index contributed by atoms with van der Waals surface area (Å²) < 4.78 is 13.7. The third-order valence-corrected chi connectivity index (χ3v) is 3.04. The number of benzene rings is 1. The minimum absolute atomic E-state index is 0. The molecular formula is C11H16Cl3FN2. The highest BCUT2D eigenvalue weighted by molar-refractivity contribution is 6.33. The van der Waals surface area contributed by atoms with Crippen molar-refractivity contribution in [2.45, 2.75) is 25.3 Å². The molecule has 0 fully saturated rings. The Morgan fingerprint density at radius 3 is 2.35 bits per heavy atom. The van der Waals surface area contributed by atoms with Crippen molar-refractivity contribution >= 4 is 35.6 Å². The van der Waals surface area contributed by atoms with Gasteiger partial charge in [0.2, 0.25) is 0 Å². The lowest BCUT2D eigenvalue weighted by atomic mass is 10.0. The van der Waals surface area contributed by atoms with Gasteiger partial charge >= 0.3 is 0 Å². The molecule has 0 aliphatic rings. The summed E-state index contributed by atoms with van der Waals surface area (Å²) in [6, 6.07) is 2.55. The van der Waals surface area contributed by atoms with Crippen molar-refractivity contribution in [3.8, 4) is 0 Å². The van der Waals surface area contributed by atoms with Gasteiger partial charge in [0.25, 0.3) is 0 Å². The number of rotatable bonds is 5. The predicted molar refractivity (Wildman–Crippen MR) is 73.5 cm³/mol. The van der Waals surface area contributed by atoms with Gasteiger partial charge in [-0.05, 0) is 31.5 Å². The van der Waals surface area contributed by atoms with E-state index in [4.69, 9.17) is 34.7 Å². The summed E-state index contributed by atoms with van der Waals surface area (Å²) in [6.07, 6.45) is 2.36. The third-order valence-electron chi connectivity index (χ3n) is 2.42. The minimum atomic E-state index is -0.519. The van der Waals surface area contributed by atoms with E-state index in [2.05, 4.69) is 0 Å². The molecule has 98 valence electrons. The summed E-state index contributed by atoms with van der Waals surface area (Å²) in [7, 11) is 0. The number of unbranched alkanes of at least 4 members (excludes halogenated alkanes) is 1. The molecule has 0 spiro atoms. The molecule has 1 atom stereocenters. The molecule has 6 heteroatoms. The molecule has 1 aromatic rings. The maximum absolute atomic E-state index is 13.7. The van der Waals surface area contributed by atoms with Crippen molar-refractivity contribution in [1.82, 2.24) is 0 Å². The monoisotopic (exact) mass is 300 g/mol. The Labute approximate surface area is 117 Å². The molecular weight excluding hydrogens is 285 g/mol. The number of halogens is 4. The van der Waals surface area contributed by atoms with Crippen molar-refractivity contribution in [1.29, 1.82) is 0 Å². The first-order chi connectivity index (χ1) is 7.57. The van der Waals surface area contributed by atoms with Crippen molar-refractivity contribution in [3.63, 3.8) is 0 Å². The van der Waals surface area contributed by atoms with Crippen LogP contribution in [-0.4, -0.2) is 6.54 Å². The Hall–Kier alpha value is -0.0600. The molecule has 17 heavy (non-hydrogen) atoms. The number of nitrogens with two attached hydrogens (primary N) is 2. The summed E-state index contributed by atoms with van der Waals surface area (Å²) in [5.74, 6) is -0.519. The molecule has 0 aliphatic carbocycles. The van der Waals surface area contributed by atoms with Crippen LogP contribution in [-0.2, 0) is 0 Å². The van der Waals surface area contributed by atoms with Gasteiger partial charge < -0.3 is 11.5 Å². The lowest BCUT2D eigenvalue weighted by molar-refractivity contribution is 0.543. The molecule has 4 N–H and O–H groups in total. The van der Waals surface area contributed by atoms with Crippen LogP contribution in [0.2, 0.25) is 10.0 Å². The van der Waals surface area contributed by atoms with Crippen molar-refractivity contribution in [3.05, 3.63) is 33.6 Å². The first kappa shape index (κ1) is 16.9. The van der Waals surface area contributed by atoms with Gasteiger partial charge in [0, 0.05) is 16.6 Å². The van der Waals surface area contributed by atoms with Crippen molar-refractivity contribution in [2.75, 3.05) is 6.54 Å². The topological polar surface area (TPSA) is 52.0 Å². The molecule has 2 nitrogen and oxygen atoms in total. The largest absolute Gasteiger partial charge is 0.330 e. The second kappa shape index (κ2) is 8.11. The van der Waals surface area contributed by atoms with E-state index < -0.39 is 11.9 Å². The van der Waals surface area contributed by atoms with Crippen LogP contribution < -0.4 is 11.5 Å². The maximum Gasteiger partial charge on any atom is 0.148 e. The Morgan fingerprint density at radius 2 is 1.76 bits per heavy atom. The molecule has 1 aromatic carbocycles. The maximum atomic E-state index is 13.7. The predicted octanol–water partition coefficient (Wildman–Crippen LogP) is 3.68. The van der Waals surface area contributed by atoms with Gasteiger partial charge in [-0.25, -0.2) is 4.39 Å². The van der Waals surface area contributed by atoms with Gasteiger partial charge in [-0.3, -0.25) is 0 Å². The SMILES string of the molecule is Cl.NCCCC[C@H](N)c1c(Cl)ccc(Cl)c1F. The summed E-state index contributed by atoms with van der Waals surface area (Å²) in [6.45, 7) is 0.610. The fourth-order valence-corrected chi connectivity index (χ4v) is 1.99. The lowest BCUT2D eigenvalue weighted by Crippen LogP contribution is -2.13. The van der Waals surface area contributed by atoms with E-state index in [0.29, 0.717) is 23.6 Å². The summed E-state index contributed by atoms with van der Waals surface area (Å²) in [4.78, 5) is 0. The molecule has 1 rings (SSSR count). The van der Waals surface area contributed by atoms with E-state index in [9.17, 15) is 4.39 Å². The zero-order chi connectivity index (χ0) is 12.1. The van der Waals surface area contributed by atoms with E-state index in [1.807, 2.05) is 0 Å². The first-order valence-electron chi connectivity index (χ1n) is 5.17. The normalized spacial score (nSPS) is 12.1. The van der Waals surface area contributed by atoms with Gasteiger partial charge in [0.05, 0.1) is 5.02 Å². The van der Waals surface area contributed by atoms with Gasteiger partial charge in [-0.1, -0.05) is 29.6 Å². The fourth-order valence-electron chi connectivity index (χ4n) is 1.54. The molecule has 0 amide bonds. The zero-order valence-corrected chi connectivity index (χ0v) is 11.6. The molecule has 0 saturated carbocycles. The Balaban J connectivity index is 0.00000256. The smallest absolute Gasteiger partial charge is 0.148 e. The van der Waals surface area contributed by atoms with Crippen LogP contribution in [0.5, 0.6) is 0 Å². The van der Waals surface area contributed by atoms with E-state index >= 15 is 0 Å². The standard InChI is InChI=1S/C11H15Cl2FN2.ClH/c12-7-4-5-8(13)11(14)10(7)9(16)3-1-2-6-15;/h4-5,9H,1-3,6,15-16H2;1H/t9-;/m0./s1. The zero-order valence-electron chi connectivity index (χ0n) is 9.26. The highest BCUT2D eigenvalue weighted by Gasteiger charge is 2.17. The van der Waals surface area contributed by atoms with Gasteiger partial charge in [0.15, 0.2) is 0 Å². The van der Waals surface area contributed by atoms with E-state index in [1.54, 1.807) is 6.07 Å². The quantitative estimate of drug-likeness (QED) is 0.644. The lowest BCUT2D eigenvalue weighted by Gasteiger charge is -2.15. The van der Waals surface area contributed by atoms with Crippen LogP contribution in [0.3, 0.4) is 0 Å². The minimum Gasteiger partial charge on any atom is -0.330 e. The van der Waals surface area contributed by atoms with Crippen LogP contribution in [0.4, 0.5) is 4.39 Å². The highest BCUT2D eigenvalue weighted by atomic mass is 35.5. The van der Waals surface area contributed by atoms with Gasteiger partial charge in [-0.2, -0.15) is 0 Å². The molecule has 0 saturated heterocycles. The molecule has 0 aliphatic heterocycles. The fraction of sp³-hybridized carbons (Fsp3) is 0.455. The Kier molecular flexibility index (Phi) is 8.09. The first-order valence-corrected chi connectivity index (χ1v) is 5.92. The summed E-state index contributed by atoms with van der Waals surface area (Å²) in [5, 5.41) is 0.371. The van der Waals surface area contributed by atoms with Crippen molar-refractivity contribution < 1.29 is 4.39 Å². The molecule has 0 heterocycles. The third kappa shape index (κ3) is 4.60. The van der Waals surface area contributed by atoms with E-state index in [-0.39, 0.29) is 17.4 Å². The Morgan fingerprint density at radius 1 is 1.18 bits per heavy atom. The van der Waals surface area contributed by atoms with Gasteiger partial charge in [-0.15, -0.1) is 12.4 Å². The highest BCUT2D eigenvalue weighted by Crippen LogP contribution is 2.31. The molecule has 0 bridgehead atoms. The van der Waals surface area contributed by atoms with E-state index in [1.165, 1.54) is 6.07 Å². The molecule has 0 unspecified atom stereocenters. The summed E-state index contributed by atoms with van der Waals surface area (Å²) in [5.41, 5.74) is 11.6. The second-order valence-electron chi connectivity index (χ2n) is 3.65. The van der Waals surface area contributed by atoms with Crippen LogP contribution in [0.1, 0.15) is 30.9 Å². The second-order valence-corrected chi connectivity index (χ2v) is 4.46.